The standard InChI is InChI=1S/C23H19N3O4S2/c1-15(27)17-10-12-19(13-11-17)32(29,30)24-14-16-6-8-18(9-7-16)22(28)26-23-25-20-4-2-3-5-21(20)31-23/h2-13,24H,14H2,1H3,(H,25,26,28). The van der Waals surface area contributed by atoms with E-state index < -0.39 is 10.0 Å². The van der Waals surface area contributed by atoms with Gasteiger partial charge in [0.25, 0.3) is 5.91 Å². The van der Waals surface area contributed by atoms with Crippen molar-refractivity contribution in [2.45, 2.75) is 18.4 Å². The zero-order valence-electron chi connectivity index (χ0n) is 17.0. The zero-order valence-corrected chi connectivity index (χ0v) is 18.7. The van der Waals surface area contributed by atoms with Gasteiger partial charge in [-0.1, -0.05) is 47.7 Å². The minimum absolute atomic E-state index is 0.0660. The normalized spacial score (nSPS) is 11.4. The van der Waals surface area contributed by atoms with Gasteiger partial charge in [0.05, 0.1) is 15.1 Å². The topological polar surface area (TPSA) is 105 Å². The smallest absolute Gasteiger partial charge is 0.257 e. The fourth-order valence-electron chi connectivity index (χ4n) is 3.00. The van der Waals surface area contributed by atoms with Crippen LogP contribution in [-0.2, 0) is 16.6 Å². The van der Waals surface area contributed by atoms with Crippen molar-refractivity contribution in [2.24, 2.45) is 0 Å². The van der Waals surface area contributed by atoms with Gasteiger partial charge in [0, 0.05) is 17.7 Å². The molecule has 2 N–H and O–H groups in total. The Balaban J connectivity index is 1.38. The molecule has 9 heteroatoms. The van der Waals surface area contributed by atoms with Crippen LogP contribution in [0.1, 0.15) is 33.2 Å². The number of carbonyl (C=O) groups is 2. The number of fused-ring (bicyclic) bond motifs is 1. The zero-order chi connectivity index (χ0) is 22.7. The number of hydrogen-bond acceptors (Lipinski definition) is 6. The number of ketones is 1. The van der Waals surface area contributed by atoms with E-state index in [1.54, 1.807) is 24.3 Å². The first kappa shape index (κ1) is 21.8. The molecule has 7 nitrogen and oxygen atoms in total. The number of nitrogens with zero attached hydrogens (tertiary/aromatic N) is 1. The monoisotopic (exact) mass is 465 g/mol. The van der Waals surface area contributed by atoms with Crippen molar-refractivity contribution < 1.29 is 18.0 Å². The molecule has 1 aromatic heterocycles. The summed E-state index contributed by atoms with van der Waals surface area (Å²) < 4.78 is 28.5. The summed E-state index contributed by atoms with van der Waals surface area (Å²) in [5.41, 5.74) is 2.41. The molecule has 0 spiro atoms. The molecule has 3 aromatic carbocycles. The van der Waals surface area contributed by atoms with Crippen LogP contribution in [0.2, 0.25) is 0 Å². The lowest BCUT2D eigenvalue weighted by Gasteiger charge is -2.08. The highest BCUT2D eigenvalue weighted by Gasteiger charge is 2.15. The van der Waals surface area contributed by atoms with Gasteiger partial charge in [-0.25, -0.2) is 18.1 Å². The van der Waals surface area contributed by atoms with Gasteiger partial charge in [-0.3, -0.25) is 14.9 Å². The fourth-order valence-corrected chi connectivity index (χ4v) is 4.88. The third-order valence-corrected chi connectivity index (χ3v) is 7.14. The summed E-state index contributed by atoms with van der Waals surface area (Å²) in [6.45, 7) is 1.49. The Hall–Kier alpha value is -3.40. The molecule has 0 radical (unpaired) electrons. The maximum Gasteiger partial charge on any atom is 0.257 e. The average molecular weight is 466 g/mol. The first-order chi connectivity index (χ1) is 15.3. The molecule has 0 saturated heterocycles. The molecule has 0 atom stereocenters. The van der Waals surface area contributed by atoms with Gasteiger partial charge >= 0.3 is 0 Å². The molecule has 0 saturated carbocycles. The number of hydrogen-bond donors (Lipinski definition) is 2. The highest BCUT2D eigenvalue weighted by Crippen LogP contribution is 2.25. The lowest BCUT2D eigenvalue weighted by Crippen LogP contribution is -2.23. The van der Waals surface area contributed by atoms with Gasteiger partial charge in [-0.15, -0.1) is 0 Å². The molecule has 162 valence electrons. The lowest BCUT2D eigenvalue weighted by molar-refractivity contribution is 0.101. The Labute approximate surface area is 189 Å². The van der Waals surface area contributed by atoms with Crippen LogP contribution in [-0.4, -0.2) is 25.1 Å². The summed E-state index contributed by atoms with van der Waals surface area (Å²) >= 11 is 1.40. The second-order valence-electron chi connectivity index (χ2n) is 7.04. The van der Waals surface area contributed by atoms with Crippen LogP contribution in [0.5, 0.6) is 0 Å². The van der Waals surface area contributed by atoms with E-state index in [0.29, 0.717) is 21.8 Å². The number of para-hydroxylation sites is 1. The molecule has 0 unspecified atom stereocenters. The van der Waals surface area contributed by atoms with Crippen LogP contribution in [0.3, 0.4) is 0 Å². The van der Waals surface area contributed by atoms with Crippen molar-refractivity contribution in [2.75, 3.05) is 5.32 Å². The van der Waals surface area contributed by atoms with Crippen molar-refractivity contribution in [3.63, 3.8) is 0 Å². The molecule has 0 bridgehead atoms. The summed E-state index contributed by atoms with van der Waals surface area (Å²) in [7, 11) is -3.73. The van der Waals surface area contributed by atoms with E-state index in [0.717, 1.165) is 10.2 Å². The number of amides is 1. The first-order valence-corrected chi connectivity index (χ1v) is 12.0. The average Bonchev–Trinajstić information content (AvgIpc) is 3.20. The van der Waals surface area contributed by atoms with Gasteiger partial charge in [-0.2, -0.15) is 0 Å². The Bertz CT molecular complexity index is 1360. The first-order valence-electron chi connectivity index (χ1n) is 9.68. The molecule has 0 aliphatic carbocycles. The Morgan fingerprint density at radius 2 is 1.56 bits per heavy atom. The molecule has 4 aromatic rings. The number of thiazole rings is 1. The quantitative estimate of drug-likeness (QED) is 0.398. The van der Waals surface area contributed by atoms with E-state index in [1.165, 1.54) is 42.5 Å². The predicted molar refractivity (Wildman–Crippen MR) is 124 cm³/mol. The predicted octanol–water partition coefficient (Wildman–Crippen LogP) is 4.23. The lowest BCUT2D eigenvalue weighted by atomic mass is 10.1. The van der Waals surface area contributed by atoms with Crippen LogP contribution in [0.15, 0.2) is 77.7 Å². The van der Waals surface area contributed by atoms with Crippen LogP contribution in [0.4, 0.5) is 5.13 Å². The van der Waals surface area contributed by atoms with Gasteiger partial charge < -0.3 is 0 Å². The van der Waals surface area contributed by atoms with E-state index in [1.807, 2.05) is 24.3 Å². The number of benzene rings is 3. The SMILES string of the molecule is CC(=O)c1ccc(S(=O)(=O)NCc2ccc(C(=O)Nc3nc4ccccc4s3)cc2)cc1. The van der Waals surface area contributed by atoms with E-state index in [9.17, 15) is 18.0 Å². The number of carbonyl (C=O) groups excluding carboxylic acids is 2. The molecular weight excluding hydrogens is 446 g/mol. The maximum atomic E-state index is 12.5. The third kappa shape index (κ3) is 4.91. The van der Waals surface area contributed by atoms with Crippen LogP contribution < -0.4 is 10.0 Å². The summed E-state index contributed by atoms with van der Waals surface area (Å²) in [4.78, 5) is 28.3. The van der Waals surface area contributed by atoms with Gasteiger partial charge in [-0.05, 0) is 48.9 Å². The Kier molecular flexibility index (Phi) is 6.13. The van der Waals surface area contributed by atoms with Crippen molar-refractivity contribution >= 4 is 48.4 Å². The van der Waals surface area contributed by atoms with Crippen LogP contribution in [0.25, 0.3) is 10.2 Å². The fraction of sp³-hybridized carbons (Fsp3) is 0.0870. The summed E-state index contributed by atoms with van der Waals surface area (Å²) in [5.74, 6) is -0.420. The largest absolute Gasteiger partial charge is 0.298 e. The van der Waals surface area contributed by atoms with Crippen molar-refractivity contribution in [1.29, 1.82) is 0 Å². The summed E-state index contributed by atoms with van der Waals surface area (Å²) in [6, 6.07) is 20.0. The molecule has 0 aliphatic rings. The van der Waals surface area contributed by atoms with E-state index in [2.05, 4.69) is 15.0 Å². The van der Waals surface area contributed by atoms with Crippen LogP contribution >= 0.6 is 11.3 Å². The number of rotatable bonds is 7. The summed E-state index contributed by atoms with van der Waals surface area (Å²) in [6.07, 6.45) is 0. The van der Waals surface area contributed by atoms with Crippen LogP contribution in [0, 0.1) is 0 Å². The van der Waals surface area contributed by atoms with E-state index in [4.69, 9.17) is 0 Å². The molecule has 0 fully saturated rings. The number of Topliss-reactive ketones (excluding diaryl/α,β-unsaturated/α-hetero) is 1. The van der Waals surface area contributed by atoms with Crippen molar-refractivity contribution in [3.8, 4) is 0 Å². The number of sulfonamides is 1. The van der Waals surface area contributed by atoms with E-state index in [-0.39, 0.29) is 23.1 Å². The van der Waals surface area contributed by atoms with Crippen molar-refractivity contribution in [3.05, 3.63) is 89.5 Å². The second-order valence-corrected chi connectivity index (χ2v) is 9.84. The molecule has 1 amide bonds. The van der Waals surface area contributed by atoms with Gasteiger partial charge in [0.1, 0.15) is 0 Å². The van der Waals surface area contributed by atoms with Crippen molar-refractivity contribution in [1.82, 2.24) is 9.71 Å². The van der Waals surface area contributed by atoms with Gasteiger partial charge in [0.2, 0.25) is 10.0 Å². The molecule has 1 heterocycles. The third-order valence-electron chi connectivity index (χ3n) is 4.77. The Morgan fingerprint density at radius 1 is 0.906 bits per heavy atom. The highest BCUT2D eigenvalue weighted by atomic mass is 32.2. The molecular formula is C23H19N3O4S2. The second kappa shape index (κ2) is 8.99. The number of aromatic nitrogens is 1. The maximum absolute atomic E-state index is 12.5. The summed E-state index contributed by atoms with van der Waals surface area (Å²) in [5, 5.41) is 3.31. The Morgan fingerprint density at radius 3 is 2.22 bits per heavy atom. The van der Waals surface area contributed by atoms with Gasteiger partial charge in [0.15, 0.2) is 10.9 Å². The number of anilines is 1. The molecule has 4 rings (SSSR count). The highest BCUT2D eigenvalue weighted by molar-refractivity contribution is 7.89. The molecule has 32 heavy (non-hydrogen) atoms. The minimum Gasteiger partial charge on any atom is -0.298 e. The van der Waals surface area contributed by atoms with E-state index >= 15 is 0 Å². The minimum atomic E-state index is -3.73. The molecule has 0 aliphatic heterocycles. The number of nitrogens with one attached hydrogen (secondary N) is 2.